The maximum Gasteiger partial charge on any atom is 0.223 e. The lowest BCUT2D eigenvalue weighted by Gasteiger charge is -2.29. The Labute approximate surface area is 134 Å². The van der Waals surface area contributed by atoms with Gasteiger partial charge >= 0.3 is 0 Å². The van der Waals surface area contributed by atoms with Crippen molar-refractivity contribution in [3.63, 3.8) is 0 Å². The van der Waals surface area contributed by atoms with Crippen LogP contribution in [0.4, 0.5) is 0 Å². The van der Waals surface area contributed by atoms with Crippen LogP contribution in [0.1, 0.15) is 37.2 Å². The van der Waals surface area contributed by atoms with Crippen LogP contribution in [0, 0.1) is 12.3 Å². The number of H-pyrrole nitrogens is 1. The second kappa shape index (κ2) is 4.47. The molecule has 0 radical (unpaired) electrons. The summed E-state index contributed by atoms with van der Waals surface area (Å²) in [5.41, 5.74) is 6.46. The van der Waals surface area contributed by atoms with E-state index in [1.165, 1.54) is 5.39 Å². The first-order chi connectivity index (χ1) is 10.9. The minimum atomic E-state index is 0.0957. The molecule has 0 saturated carbocycles. The smallest absolute Gasteiger partial charge is 0.223 e. The monoisotopic (exact) mass is 308 g/mol. The SMILES string of the molecule is Cc1c2c([nH]c3ccccc32)c2c([n+]1N)CC(C)(C)C/C2=N\N. The summed E-state index contributed by atoms with van der Waals surface area (Å²) < 4.78 is 1.82. The molecule has 0 unspecified atom stereocenters. The molecule has 2 aromatic heterocycles. The fraction of sp³-hybridized carbons (Fsp3) is 0.333. The molecule has 1 aromatic carbocycles. The van der Waals surface area contributed by atoms with Gasteiger partial charge in [0, 0.05) is 24.2 Å². The van der Waals surface area contributed by atoms with Gasteiger partial charge in [0.15, 0.2) is 0 Å². The zero-order chi connectivity index (χ0) is 16.4. The number of nitrogens with two attached hydrogens (primary N) is 2. The molecule has 0 fully saturated rings. The van der Waals surface area contributed by atoms with E-state index in [1.54, 1.807) is 0 Å². The molecule has 2 heterocycles. The van der Waals surface area contributed by atoms with E-state index in [-0.39, 0.29) is 5.41 Å². The van der Waals surface area contributed by atoms with Gasteiger partial charge in [0.25, 0.3) is 0 Å². The van der Waals surface area contributed by atoms with Crippen LogP contribution in [0.15, 0.2) is 29.4 Å². The molecule has 3 aromatic rings. The van der Waals surface area contributed by atoms with Crippen LogP contribution in [0.3, 0.4) is 0 Å². The topological polar surface area (TPSA) is 84.1 Å². The third kappa shape index (κ3) is 1.86. The van der Waals surface area contributed by atoms with Crippen LogP contribution in [0.5, 0.6) is 0 Å². The van der Waals surface area contributed by atoms with E-state index >= 15 is 0 Å². The number of para-hydroxylation sites is 1. The highest BCUT2D eigenvalue weighted by molar-refractivity contribution is 6.18. The zero-order valence-electron chi connectivity index (χ0n) is 13.8. The van der Waals surface area contributed by atoms with E-state index in [2.05, 4.69) is 49.1 Å². The number of nitrogen functional groups attached to an aromatic ring is 1. The summed E-state index contributed by atoms with van der Waals surface area (Å²) >= 11 is 0. The molecular weight excluding hydrogens is 286 g/mol. The Morgan fingerprint density at radius 1 is 1.22 bits per heavy atom. The number of rotatable bonds is 0. The number of benzene rings is 1. The minimum absolute atomic E-state index is 0.0957. The molecule has 5 heteroatoms. The highest BCUT2D eigenvalue weighted by Crippen LogP contribution is 2.38. The first kappa shape index (κ1) is 14.1. The van der Waals surface area contributed by atoms with Gasteiger partial charge in [-0.15, -0.1) is 0 Å². The fourth-order valence-corrected chi connectivity index (χ4v) is 3.94. The molecule has 0 bridgehead atoms. The molecular formula is C18H22N5+. The number of pyridine rings is 1. The summed E-state index contributed by atoms with van der Waals surface area (Å²) in [6.45, 7) is 6.53. The quantitative estimate of drug-likeness (QED) is 0.338. The Kier molecular flexibility index (Phi) is 2.73. The van der Waals surface area contributed by atoms with Crippen molar-refractivity contribution in [1.29, 1.82) is 0 Å². The summed E-state index contributed by atoms with van der Waals surface area (Å²) in [7, 11) is 0. The zero-order valence-corrected chi connectivity index (χ0v) is 13.8. The molecule has 5 nitrogen and oxygen atoms in total. The first-order valence-electron chi connectivity index (χ1n) is 7.93. The number of aryl methyl sites for hydroxylation is 1. The Morgan fingerprint density at radius 3 is 2.70 bits per heavy atom. The number of nitrogens with zero attached hydrogens (tertiary/aromatic N) is 2. The van der Waals surface area contributed by atoms with Crippen LogP contribution in [-0.4, -0.2) is 10.7 Å². The summed E-state index contributed by atoms with van der Waals surface area (Å²) in [6, 6.07) is 8.31. The molecule has 5 N–H and O–H groups in total. The Hall–Kier alpha value is -2.56. The number of hydrazone groups is 1. The van der Waals surface area contributed by atoms with Crippen LogP contribution < -0.4 is 16.4 Å². The maximum atomic E-state index is 6.46. The van der Waals surface area contributed by atoms with Gasteiger partial charge in [-0.2, -0.15) is 5.10 Å². The summed E-state index contributed by atoms with van der Waals surface area (Å²) in [5, 5.41) is 6.44. The van der Waals surface area contributed by atoms with Gasteiger partial charge in [-0.25, -0.2) is 5.84 Å². The fourth-order valence-electron chi connectivity index (χ4n) is 3.94. The van der Waals surface area contributed by atoms with Crippen molar-refractivity contribution >= 4 is 27.5 Å². The van der Waals surface area contributed by atoms with Crippen molar-refractivity contribution in [2.24, 2.45) is 16.4 Å². The summed E-state index contributed by atoms with van der Waals surface area (Å²) in [6.07, 6.45) is 1.76. The van der Waals surface area contributed by atoms with E-state index in [1.807, 2.05) is 10.7 Å². The largest absolute Gasteiger partial charge is 0.354 e. The van der Waals surface area contributed by atoms with Crippen molar-refractivity contribution in [3.8, 4) is 0 Å². The van der Waals surface area contributed by atoms with Gasteiger partial charge in [-0.1, -0.05) is 36.7 Å². The van der Waals surface area contributed by atoms with Crippen LogP contribution in [0.2, 0.25) is 0 Å². The number of fused-ring (bicyclic) bond motifs is 5. The Balaban J connectivity index is 2.22. The van der Waals surface area contributed by atoms with Gasteiger partial charge in [-0.05, 0) is 17.9 Å². The van der Waals surface area contributed by atoms with Crippen molar-refractivity contribution in [1.82, 2.24) is 4.98 Å². The first-order valence-corrected chi connectivity index (χ1v) is 7.93. The maximum absolute atomic E-state index is 6.46. The molecule has 0 atom stereocenters. The summed E-state index contributed by atoms with van der Waals surface area (Å²) in [5.74, 6) is 12.2. The van der Waals surface area contributed by atoms with Crippen molar-refractivity contribution < 1.29 is 4.68 Å². The second-order valence-corrected chi connectivity index (χ2v) is 7.29. The Morgan fingerprint density at radius 2 is 1.96 bits per heavy atom. The predicted molar refractivity (Wildman–Crippen MR) is 93.7 cm³/mol. The molecule has 0 amide bonds. The number of aromatic amines is 1. The minimum Gasteiger partial charge on any atom is -0.354 e. The molecule has 4 rings (SSSR count). The number of hydrogen-bond acceptors (Lipinski definition) is 3. The molecule has 0 spiro atoms. The predicted octanol–water partition coefficient (Wildman–Crippen LogP) is 2.27. The second-order valence-electron chi connectivity index (χ2n) is 7.29. The standard InChI is InChI=1S/C18H21N5/c1-10-15-11-6-4-5-7-12(11)21-17(15)16-13(22-19)8-18(2,3)9-14(16)23(10)20/h4-7H,8-9,19-20H2,1-3H3/p+1/b22-13+. The van der Waals surface area contributed by atoms with Crippen molar-refractivity contribution in [2.45, 2.75) is 33.6 Å². The molecule has 0 saturated heterocycles. The number of aromatic nitrogens is 2. The van der Waals surface area contributed by atoms with Gasteiger partial charge in [0.05, 0.1) is 22.2 Å². The lowest BCUT2D eigenvalue weighted by molar-refractivity contribution is -0.652. The molecule has 118 valence electrons. The van der Waals surface area contributed by atoms with Crippen LogP contribution in [-0.2, 0) is 6.42 Å². The van der Waals surface area contributed by atoms with E-state index in [0.717, 1.165) is 51.9 Å². The Bertz CT molecular complexity index is 978. The van der Waals surface area contributed by atoms with E-state index < -0.39 is 0 Å². The third-order valence-corrected chi connectivity index (χ3v) is 5.00. The average molecular weight is 308 g/mol. The number of hydrogen-bond donors (Lipinski definition) is 3. The van der Waals surface area contributed by atoms with E-state index in [9.17, 15) is 0 Å². The van der Waals surface area contributed by atoms with Gasteiger partial charge in [0.2, 0.25) is 11.4 Å². The molecule has 0 aliphatic heterocycles. The highest BCUT2D eigenvalue weighted by atomic mass is 15.3. The lowest BCUT2D eigenvalue weighted by atomic mass is 9.74. The average Bonchev–Trinajstić information content (AvgIpc) is 2.90. The summed E-state index contributed by atoms with van der Waals surface area (Å²) in [4.78, 5) is 3.56. The third-order valence-electron chi connectivity index (χ3n) is 5.00. The van der Waals surface area contributed by atoms with Crippen LogP contribution in [0.25, 0.3) is 21.8 Å². The molecule has 1 aliphatic carbocycles. The van der Waals surface area contributed by atoms with E-state index in [0.29, 0.717) is 0 Å². The van der Waals surface area contributed by atoms with Gasteiger partial charge in [-0.3, -0.25) is 0 Å². The molecule has 1 aliphatic rings. The van der Waals surface area contributed by atoms with Gasteiger partial charge in [0.1, 0.15) is 0 Å². The van der Waals surface area contributed by atoms with Crippen molar-refractivity contribution in [2.75, 3.05) is 5.84 Å². The van der Waals surface area contributed by atoms with Crippen molar-refractivity contribution in [3.05, 3.63) is 41.2 Å². The molecule has 23 heavy (non-hydrogen) atoms. The highest BCUT2D eigenvalue weighted by Gasteiger charge is 2.39. The lowest BCUT2D eigenvalue weighted by Crippen LogP contribution is -2.54. The van der Waals surface area contributed by atoms with E-state index in [4.69, 9.17) is 11.7 Å². The number of nitrogens with one attached hydrogen (secondary N) is 1. The van der Waals surface area contributed by atoms with Gasteiger partial charge < -0.3 is 10.8 Å². The van der Waals surface area contributed by atoms with Crippen LogP contribution >= 0.6 is 0 Å². The normalized spacial score (nSPS) is 18.7.